The molecule has 1 heterocycles. The molecule has 0 bridgehead atoms. The van der Waals surface area contributed by atoms with Crippen molar-refractivity contribution in [1.82, 2.24) is 4.57 Å². The zero-order valence-corrected chi connectivity index (χ0v) is 12.9. The quantitative estimate of drug-likeness (QED) is 0.821. The molecule has 0 saturated carbocycles. The van der Waals surface area contributed by atoms with Gasteiger partial charge in [0.15, 0.2) is 0 Å². The fourth-order valence-corrected chi connectivity index (χ4v) is 2.49. The molecule has 4 heteroatoms. The number of halogens is 2. The van der Waals surface area contributed by atoms with Crippen LogP contribution in [0.25, 0.3) is 0 Å². The molecule has 96 valence electrons. The van der Waals surface area contributed by atoms with E-state index < -0.39 is 0 Å². The summed E-state index contributed by atoms with van der Waals surface area (Å²) in [5.74, 6) is -0.179. The molecule has 0 fully saturated rings. The summed E-state index contributed by atoms with van der Waals surface area (Å²) in [6.07, 6.45) is 0. The number of nitrogens with zero attached hydrogens (tertiary/aromatic N) is 1. The Kier molecular flexibility index (Phi) is 3.94. The second-order valence-electron chi connectivity index (χ2n) is 4.41. The van der Waals surface area contributed by atoms with Gasteiger partial charge < -0.3 is 9.88 Å². The minimum Gasteiger partial charge on any atom is -0.380 e. The van der Waals surface area contributed by atoms with Gasteiger partial charge in [0.25, 0.3) is 0 Å². The lowest BCUT2D eigenvalue weighted by Gasteiger charge is -2.09. The van der Waals surface area contributed by atoms with Gasteiger partial charge in [-0.3, -0.25) is 0 Å². The number of hydrogen-bond donors (Lipinski definition) is 1. The van der Waals surface area contributed by atoms with Gasteiger partial charge >= 0.3 is 0 Å². The Balaban J connectivity index is 2.16. The number of aryl methyl sites for hydroxylation is 1. The van der Waals surface area contributed by atoms with Crippen LogP contribution in [0, 0.1) is 23.2 Å². The maximum atomic E-state index is 13.4. The molecule has 2 rings (SSSR count). The van der Waals surface area contributed by atoms with Gasteiger partial charge in [-0.1, -0.05) is 6.07 Å². The number of rotatable bonds is 3. The van der Waals surface area contributed by atoms with E-state index in [4.69, 9.17) is 0 Å². The molecule has 0 aliphatic rings. The minimum atomic E-state index is -0.179. The molecule has 2 aromatic rings. The summed E-state index contributed by atoms with van der Waals surface area (Å²) >= 11 is 2.03. The van der Waals surface area contributed by atoms with E-state index in [-0.39, 0.29) is 5.82 Å². The molecule has 0 aliphatic heterocycles. The maximum absolute atomic E-state index is 13.4. The highest BCUT2D eigenvalue weighted by Gasteiger charge is 2.08. The summed E-state index contributed by atoms with van der Waals surface area (Å²) < 4.78 is 16.2. The van der Waals surface area contributed by atoms with Crippen LogP contribution in [-0.4, -0.2) is 4.57 Å². The summed E-state index contributed by atoms with van der Waals surface area (Å²) in [7, 11) is 2.06. The molecule has 1 N–H and O–H groups in total. The molecule has 0 amide bonds. The van der Waals surface area contributed by atoms with E-state index in [0.717, 1.165) is 5.69 Å². The van der Waals surface area contributed by atoms with E-state index in [1.807, 2.05) is 28.7 Å². The summed E-state index contributed by atoms with van der Waals surface area (Å²) in [5, 5.41) is 3.29. The zero-order valence-electron chi connectivity index (χ0n) is 10.7. The Morgan fingerprint density at radius 2 is 2.06 bits per heavy atom. The van der Waals surface area contributed by atoms with Crippen molar-refractivity contribution in [3.63, 3.8) is 0 Å². The van der Waals surface area contributed by atoms with Gasteiger partial charge in [-0.05, 0) is 60.2 Å². The molecule has 0 atom stereocenters. The van der Waals surface area contributed by atoms with E-state index in [2.05, 4.69) is 36.8 Å². The third-order valence-electron chi connectivity index (χ3n) is 3.30. The third kappa shape index (κ3) is 2.53. The van der Waals surface area contributed by atoms with Crippen molar-refractivity contribution in [2.24, 2.45) is 7.05 Å². The largest absolute Gasteiger partial charge is 0.380 e. The average Bonchev–Trinajstić information content (AvgIpc) is 2.59. The summed E-state index contributed by atoms with van der Waals surface area (Å²) in [6, 6.07) is 7.26. The second kappa shape index (κ2) is 5.30. The topological polar surface area (TPSA) is 17.0 Å². The predicted octanol–water partition coefficient (Wildman–Crippen LogP) is 4.00. The molecule has 2 nitrogen and oxygen atoms in total. The first-order chi connectivity index (χ1) is 8.50. The van der Waals surface area contributed by atoms with E-state index in [0.29, 0.717) is 10.1 Å². The van der Waals surface area contributed by atoms with Crippen LogP contribution in [0.15, 0.2) is 24.3 Å². The van der Waals surface area contributed by atoms with Gasteiger partial charge in [-0.2, -0.15) is 0 Å². The Morgan fingerprint density at radius 1 is 1.33 bits per heavy atom. The van der Waals surface area contributed by atoms with Crippen molar-refractivity contribution in [2.45, 2.75) is 20.4 Å². The molecule has 0 spiro atoms. The maximum Gasteiger partial charge on any atom is 0.138 e. The van der Waals surface area contributed by atoms with Gasteiger partial charge in [0.2, 0.25) is 0 Å². The molecular formula is C14H16FIN2. The molecule has 0 radical (unpaired) electrons. The normalized spacial score (nSPS) is 10.7. The van der Waals surface area contributed by atoms with Crippen LogP contribution in [0.3, 0.4) is 0 Å². The highest BCUT2D eigenvalue weighted by molar-refractivity contribution is 14.1. The minimum absolute atomic E-state index is 0.179. The van der Waals surface area contributed by atoms with Crippen molar-refractivity contribution in [3.05, 3.63) is 50.6 Å². The predicted molar refractivity (Wildman–Crippen MR) is 81.3 cm³/mol. The average molecular weight is 358 g/mol. The van der Waals surface area contributed by atoms with Crippen LogP contribution in [0.1, 0.15) is 17.0 Å². The van der Waals surface area contributed by atoms with Crippen molar-refractivity contribution in [1.29, 1.82) is 0 Å². The van der Waals surface area contributed by atoms with Crippen molar-refractivity contribution < 1.29 is 4.39 Å². The second-order valence-corrected chi connectivity index (χ2v) is 5.49. The lowest BCUT2D eigenvalue weighted by atomic mass is 10.2. The van der Waals surface area contributed by atoms with Crippen LogP contribution in [0.5, 0.6) is 0 Å². The van der Waals surface area contributed by atoms with E-state index in [9.17, 15) is 4.39 Å². The fraction of sp³-hybridized carbons (Fsp3) is 0.286. The Morgan fingerprint density at radius 3 is 2.67 bits per heavy atom. The lowest BCUT2D eigenvalue weighted by Crippen LogP contribution is -2.03. The van der Waals surface area contributed by atoms with Gasteiger partial charge in [-0.15, -0.1) is 0 Å². The zero-order chi connectivity index (χ0) is 13.3. The number of anilines is 1. The van der Waals surface area contributed by atoms with E-state index >= 15 is 0 Å². The van der Waals surface area contributed by atoms with Gasteiger partial charge in [-0.25, -0.2) is 4.39 Å². The molecule has 1 aromatic heterocycles. The van der Waals surface area contributed by atoms with E-state index in [1.54, 1.807) is 6.07 Å². The third-order valence-corrected chi connectivity index (χ3v) is 4.40. The number of benzene rings is 1. The number of nitrogens with one attached hydrogen (secondary N) is 1. The monoisotopic (exact) mass is 358 g/mol. The van der Waals surface area contributed by atoms with E-state index in [1.165, 1.54) is 23.0 Å². The Labute approximate surface area is 120 Å². The smallest absolute Gasteiger partial charge is 0.138 e. The summed E-state index contributed by atoms with van der Waals surface area (Å²) in [5.41, 5.74) is 4.57. The standard InChI is InChI=1S/C14H16FIN2/c1-9-7-11(10(2)18(9)3)8-17-13-6-4-5-12(15)14(13)16/h4-7,17H,8H2,1-3H3. The fourth-order valence-electron chi connectivity index (χ4n) is 1.94. The van der Waals surface area contributed by atoms with Crippen molar-refractivity contribution in [3.8, 4) is 0 Å². The molecule has 18 heavy (non-hydrogen) atoms. The highest BCUT2D eigenvalue weighted by atomic mass is 127. The molecule has 0 unspecified atom stereocenters. The Bertz CT molecular complexity index is 575. The Hall–Kier alpha value is -1.04. The van der Waals surface area contributed by atoms with Crippen molar-refractivity contribution >= 4 is 28.3 Å². The molecular weight excluding hydrogens is 342 g/mol. The SMILES string of the molecule is Cc1cc(CNc2cccc(F)c2I)c(C)n1C. The lowest BCUT2D eigenvalue weighted by molar-refractivity contribution is 0.621. The van der Waals surface area contributed by atoms with Crippen molar-refractivity contribution in [2.75, 3.05) is 5.32 Å². The summed E-state index contributed by atoms with van der Waals surface area (Å²) in [6.45, 7) is 4.90. The summed E-state index contributed by atoms with van der Waals surface area (Å²) in [4.78, 5) is 0. The van der Waals surface area contributed by atoms with Crippen LogP contribution in [0.4, 0.5) is 10.1 Å². The van der Waals surface area contributed by atoms with Gasteiger partial charge in [0, 0.05) is 25.0 Å². The van der Waals surface area contributed by atoms with Crippen LogP contribution < -0.4 is 5.32 Å². The first kappa shape index (κ1) is 13.4. The molecule has 1 aromatic carbocycles. The number of aromatic nitrogens is 1. The van der Waals surface area contributed by atoms with Gasteiger partial charge in [0.1, 0.15) is 5.82 Å². The highest BCUT2D eigenvalue weighted by Crippen LogP contribution is 2.22. The number of hydrogen-bond acceptors (Lipinski definition) is 1. The van der Waals surface area contributed by atoms with Crippen LogP contribution >= 0.6 is 22.6 Å². The first-order valence-electron chi connectivity index (χ1n) is 5.80. The molecule has 0 aliphatic carbocycles. The van der Waals surface area contributed by atoms with Crippen LogP contribution in [-0.2, 0) is 13.6 Å². The van der Waals surface area contributed by atoms with Crippen LogP contribution in [0.2, 0.25) is 0 Å². The van der Waals surface area contributed by atoms with Gasteiger partial charge in [0.05, 0.1) is 9.26 Å². The first-order valence-corrected chi connectivity index (χ1v) is 6.88. The molecule has 0 saturated heterocycles.